The molecule has 0 aliphatic carbocycles. The molecule has 0 saturated heterocycles. The highest BCUT2D eigenvalue weighted by atomic mass is 32.2. The molecule has 30 heavy (non-hydrogen) atoms. The molecule has 1 aliphatic heterocycles. The number of fused-ring (bicyclic) bond motifs is 1. The lowest BCUT2D eigenvalue weighted by Gasteiger charge is -2.21. The lowest BCUT2D eigenvalue weighted by molar-refractivity contribution is -0.123. The van der Waals surface area contributed by atoms with Gasteiger partial charge in [-0.1, -0.05) is 0 Å². The van der Waals surface area contributed by atoms with Gasteiger partial charge < -0.3 is 24.3 Å². The quantitative estimate of drug-likeness (QED) is 0.645. The third-order valence-corrected chi connectivity index (χ3v) is 5.10. The summed E-state index contributed by atoms with van der Waals surface area (Å²) in [5.74, 6) is -0.298. The Morgan fingerprint density at radius 1 is 1.13 bits per heavy atom. The molecular formula is C19H20N2O8S. The normalized spacial score (nSPS) is 13.8. The van der Waals surface area contributed by atoms with Gasteiger partial charge >= 0.3 is 5.97 Å². The van der Waals surface area contributed by atoms with E-state index in [1.54, 1.807) is 0 Å². The van der Waals surface area contributed by atoms with Crippen molar-refractivity contribution < 1.29 is 37.0 Å². The molecule has 2 aromatic rings. The fourth-order valence-electron chi connectivity index (χ4n) is 2.64. The first-order valence-electron chi connectivity index (χ1n) is 8.81. The average Bonchev–Trinajstić information content (AvgIpc) is 2.72. The molecule has 1 amide bonds. The summed E-state index contributed by atoms with van der Waals surface area (Å²) in [6.07, 6.45) is -1.13. The van der Waals surface area contributed by atoms with Crippen molar-refractivity contribution >= 4 is 27.6 Å². The van der Waals surface area contributed by atoms with Crippen molar-refractivity contribution in [2.45, 2.75) is 17.9 Å². The molecule has 0 spiro atoms. The number of hydrogen-bond donors (Lipinski definition) is 2. The maximum atomic E-state index is 12.5. The largest absolute Gasteiger partial charge is 0.493 e. The van der Waals surface area contributed by atoms with Crippen LogP contribution in [0.5, 0.6) is 17.2 Å². The summed E-state index contributed by atoms with van der Waals surface area (Å²) in [4.78, 5) is 24.7. The molecule has 160 valence electrons. The second-order valence-electron chi connectivity index (χ2n) is 6.31. The van der Waals surface area contributed by atoms with Gasteiger partial charge in [-0.3, -0.25) is 4.79 Å². The summed E-state index contributed by atoms with van der Waals surface area (Å²) < 4.78 is 44.0. The third-order valence-electron chi connectivity index (χ3n) is 4.17. The number of anilines is 1. The van der Waals surface area contributed by atoms with Gasteiger partial charge in [-0.15, -0.1) is 0 Å². The summed E-state index contributed by atoms with van der Waals surface area (Å²) in [7, 11) is -2.40. The minimum Gasteiger partial charge on any atom is -0.493 e. The zero-order valence-electron chi connectivity index (χ0n) is 16.2. The number of nitrogens with one attached hydrogen (secondary N) is 1. The maximum absolute atomic E-state index is 12.5. The zero-order chi connectivity index (χ0) is 21.9. The lowest BCUT2D eigenvalue weighted by Crippen LogP contribution is -2.30. The summed E-state index contributed by atoms with van der Waals surface area (Å²) in [5, 5.41) is 7.56. The van der Waals surface area contributed by atoms with Gasteiger partial charge in [0, 0.05) is 5.69 Å². The van der Waals surface area contributed by atoms with E-state index in [9.17, 15) is 18.0 Å². The van der Waals surface area contributed by atoms with Crippen LogP contribution in [-0.4, -0.2) is 46.7 Å². The van der Waals surface area contributed by atoms with E-state index in [-0.39, 0.29) is 10.5 Å². The topological polar surface area (TPSA) is 143 Å². The second-order valence-corrected chi connectivity index (χ2v) is 7.87. The van der Waals surface area contributed by atoms with Crippen molar-refractivity contribution in [1.29, 1.82) is 0 Å². The van der Waals surface area contributed by atoms with Crippen LogP contribution in [-0.2, 0) is 19.6 Å². The van der Waals surface area contributed by atoms with Crippen molar-refractivity contribution in [3.63, 3.8) is 0 Å². The van der Waals surface area contributed by atoms with Crippen molar-refractivity contribution in [2.24, 2.45) is 5.14 Å². The van der Waals surface area contributed by atoms with E-state index in [1.165, 1.54) is 50.4 Å². The highest BCUT2D eigenvalue weighted by Crippen LogP contribution is 2.40. The number of nitrogens with two attached hydrogens (primary N) is 1. The van der Waals surface area contributed by atoms with Crippen LogP contribution in [0.4, 0.5) is 5.69 Å². The van der Waals surface area contributed by atoms with Crippen molar-refractivity contribution in [2.75, 3.05) is 25.6 Å². The van der Waals surface area contributed by atoms with Crippen LogP contribution < -0.4 is 24.7 Å². The van der Waals surface area contributed by atoms with E-state index in [4.69, 9.17) is 24.1 Å². The number of hydrogen-bond acceptors (Lipinski definition) is 8. The predicted molar refractivity (Wildman–Crippen MR) is 105 cm³/mol. The van der Waals surface area contributed by atoms with Gasteiger partial charge in [0.05, 0.1) is 17.6 Å². The predicted octanol–water partition coefficient (Wildman–Crippen LogP) is 1.30. The van der Waals surface area contributed by atoms with Crippen LogP contribution in [0.25, 0.3) is 0 Å². The number of rotatable bonds is 6. The van der Waals surface area contributed by atoms with E-state index < -0.39 is 28.0 Å². The molecule has 1 heterocycles. The standard InChI is InChI=1S/C19H20N2O8S/c1-11(18(22)21-13-3-5-14(6-4-13)30(20,24)25)29-19(23)12-9-15(26-2)17-16(10-12)27-7-8-28-17/h3-6,9-11H,7-8H2,1-2H3,(H,21,22)(H2,20,24,25)/t11-/m1/s1. The van der Waals surface area contributed by atoms with Crippen LogP contribution in [0.3, 0.4) is 0 Å². The Morgan fingerprint density at radius 3 is 2.43 bits per heavy atom. The Bertz CT molecular complexity index is 1050. The summed E-state index contributed by atoms with van der Waals surface area (Å²) >= 11 is 0. The number of primary sulfonamides is 1. The van der Waals surface area contributed by atoms with Crippen molar-refractivity contribution in [1.82, 2.24) is 0 Å². The second kappa shape index (κ2) is 8.59. The molecule has 0 bridgehead atoms. The molecule has 0 radical (unpaired) electrons. The minimum absolute atomic E-state index is 0.0902. The fourth-order valence-corrected chi connectivity index (χ4v) is 3.16. The van der Waals surface area contributed by atoms with E-state index in [0.29, 0.717) is 36.1 Å². The molecule has 0 aromatic heterocycles. The third kappa shape index (κ3) is 4.81. The number of carbonyl (C=O) groups excluding carboxylic acids is 2. The Morgan fingerprint density at radius 2 is 1.80 bits per heavy atom. The number of sulfonamides is 1. The molecule has 2 aromatic carbocycles. The molecule has 0 unspecified atom stereocenters. The Hall–Kier alpha value is -3.31. The first kappa shape index (κ1) is 21.4. The molecule has 0 fully saturated rings. The SMILES string of the molecule is COc1cc(C(=O)O[C@H](C)C(=O)Nc2ccc(S(N)(=O)=O)cc2)cc2c1OCCO2. The Kier molecular flexibility index (Phi) is 6.13. The van der Waals surface area contributed by atoms with Gasteiger partial charge in [0.25, 0.3) is 5.91 Å². The van der Waals surface area contributed by atoms with Crippen LogP contribution >= 0.6 is 0 Å². The zero-order valence-corrected chi connectivity index (χ0v) is 17.0. The first-order valence-corrected chi connectivity index (χ1v) is 10.4. The molecular weight excluding hydrogens is 416 g/mol. The minimum atomic E-state index is -3.83. The van der Waals surface area contributed by atoms with Gasteiger partial charge in [-0.2, -0.15) is 0 Å². The molecule has 1 atom stereocenters. The molecule has 10 nitrogen and oxygen atoms in total. The van der Waals surface area contributed by atoms with Gasteiger partial charge in [0.15, 0.2) is 17.6 Å². The highest BCUT2D eigenvalue weighted by molar-refractivity contribution is 7.89. The Labute approximate surface area is 172 Å². The summed E-state index contributed by atoms with van der Waals surface area (Å²) in [6.45, 7) is 2.10. The summed E-state index contributed by atoms with van der Waals surface area (Å²) in [5.41, 5.74) is 0.449. The molecule has 0 saturated carbocycles. The number of benzene rings is 2. The molecule has 3 N–H and O–H groups in total. The average molecular weight is 436 g/mol. The number of carbonyl (C=O) groups is 2. The maximum Gasteiger partial charge on any atom is 0.339 e. The molecule has 11 heteroatoms. The van der Waals surface area contributed by atoms with E-state index >= 15 is 0 Å². The first-order chi connectivity index (χ1) is 14.2. The fraction of sp³-hybridized carbons (Fsp3) is 0.263. The Balaban J connectivity index is 1.67. The summed E-state index contributed by atoms with van der Waals surface area (Å²) in [6, 6.07) is 8.14. The van der Waals surface area contributed by atoms with Crippen molar-refractivity contribution in [3.8, 4) is 17.2 Å². The van der Waals surface area contributed by atoms with E-state index in [2.05, 4.69) is 5.32 Å². The highest BCUT2D eigenvalue weighted by Gasteiger charge is 2.24. The lowest BCUT2D eigenvalue weighted by atomic mass is 10.1. The van der Waals surface area contributed by atoms with Crippen molar-refractivity contribution in [3.05, 3.63) is 42.0 Å². The monoisotopic (exact) mass is 436 g/mol. The van der Waals surface area contributed by atoms with Crippen LogP contribution in [0.15, 0.2) is 41.3 Å². The van der Waals surface area contributed by atoms with Gasteiger partial charge in [-0.05, 0) is 43.3 Å². The van der Waals surface area contributed by atoms with E-state index in [0.717, 1.165) is 0 Å². The number of ether oxygens (including phenoxy) is 4. The van der Waals surface area contributed by atoms with Crippen LogP contribution in [0.2, 0.25) is 0 Å². The molecule has 3 rings (SSSR count). The number of esters is 1. The smallest absolute Gasteiger partial charge is 0.339 e. The number of methoxy groups -OCH3 is 1. The van der Waals surface area contributed by atoms with Gasteiger partial charge in [0.2, 0.25) is 15.8 Å². The van der Waals surface area contributed by atoms with Gasteiger partial charge in [0.1, 0.15) is 13.2 Å². The van der Waals surface area contributed by atoms with Crippen LogP contribution in [0.1, 0.15) is 17.3 Å². The molecule has 1 aliphatic rings. The van der Waals surface area contributed by atoms with Crippen LogP contribution in [0, 0.1) is 0 Å². The van der Waals surface area contributed by atoms with Gasteiger partial charge in [-0.25, -0.2) is 18.4 Å². The van der Waals surface area contributed by atoms with E-state index in [1.807, 2.05) is 0 Å². The number of amides is 1.